The summed E-state index contributed by atoms with van der Waals surface area (Å²) in [7, 11) is 0. The van der Waals surface area contributed by atoms with E-state index in [1.54, 1.807) is 35.8 Å². The molecule has 0 saturated heterocycles. The Bertz CT molecular complexity index is 1440. The van der Waals surface area contributed by atoms with Crippen LogP contribution in [0.2, 0.25) is 0 Å². The van der Waals surface area contributed by atoms with E-state index in [-0.39, 0.29) is 11.5 Å². The van der Waals surface area contributed by atoms with E-state index in [1.165, 1.54) is 23.1 Å². The van der Waals surface area contributed by atoms with Crippen molar-refractivity contribution in [1.82, 2.24) is 9.55 Å². The molecule has 3 N–H and O–H groups in total. The summed E-state index contributed by atoms with van der Waals surface area (Å²) in [5.41, 5.74) is 7.89. The highest BCUT2D eigenvalue weighted by atomic mass is 32.2. The quantitative estimate of drug-likeness (QED) is 0.292. The van der Waals surface area contributed by atoms with Crippen LogP contribution in [0.1, 0.15) is 41.6 Å². The molecule has 2 aromatic carbocycles. The molecule has 5 rings (SSSR count). The van der Waals surface area contributed by atoms with Crippen LogP contribution in [-0.4, -0.2) is 26.6 Å². The maximum absolute atomic E-state index is 13.7. The highest BCUT2D eigenvalue weighted by molar-refractivity contribution is 8.00. The van der Waals surface area contributed by atoms with Crippen LogP contribution in [0.4, 0.5) is 5.69 Å². The first kappa shape index (κ1) is 22.4. The molecule has 2 amide bonds. The predicted molar refractivity (Wildman–Crippen MR) is 136 cm³/mol. The number of thiophene rings is 1. The van der Waals surface area contributed by atoms with Gasteiger partial charge in [-0.05, 0) is 73.0 Å². The Morgan fingerprint density at radius 2 is 1.85 bits per heavy atom. The molecule has 0 radical (unpaired) electrons. The molecule has 0 spiro atoms. The molecule has 4 aromatic rings. The number of thioether (sulfide) groups is 1. The molecule has 1 atom stereocenters. The molecule has 2 aromatic heterocycles. The number of fused-ring (bicyclic) bond motifs is 1. The number of carbonyl (C=O) groups is 2. The number of benzene rings is 2. The molecule has 0 aliphatic heterocycles. The average Bonchev–Trinajstić information content (AvgIpc) is 3.59. The first-order valence-electron chi connectivity index (χ1n) is 10.9. The summed E-state index contributed by atoms with van der Waals surface area (Å²) >= 11 is 2.72. The number of nitrogens with one attached hydrogen (secondary N) is 1. The lowest BCUT2D eigenvalue weighted by atomic mass is 10.1. The lowest BCUT2D eigenvalue weighted by Gasteiger charge is -2.16. The van der Waals surface area contributed by atoms with E-state index in [9.17, 15) is 14.4 Å². The summed E-state index contributed by atoms with van der Waals surface area (Å²) in [6.45, 7) is 1.77. The Morgan fingerprint density at radius 1 is 1.15 bits per heavy atom. The van der Waals surface area contributed by atoms with Crippen molar-refractivity contribution in [3.05, 3.63) is 81.5 Å². The lowest BCUT2D eigenvalue weighted by Crippen LogP contribution is -2.26. The standard InChI is InChI=1S/C25H22N4O3S2/c1-14(22(31)27-17-11-9-16(10-12-17)21(26)30)34-25-28-23-20(19(13-33-23)15-7-8-15)24(32)29(25)18-5-3-2-4-6-18/h2-6,9-15H,7-8H2,1H3,(H2,26,30)(H,27,31). The zero-order valence-corrected chi connectivity index (χ0v) is 20.0. The van der Waals surface area contributed by atoms with Crippen LogP contribution in [0.5, 0.6) is 0 Å². The maximum atomic E-state index is 13.7. The lowest BCUT2D eigenvalue weighted by molar-refractivity contribution is -0.115. The average molecular weight is 491 g/mol. The zero-order chi connectivity index (χ0) is 23.8. The molecule has 7 nitrogen and oxygen atoms in total. The Kier molecular flexibility index (Phi) is 5.97. The number of primary amides is 1. The molecule has 2 heterocycles. The summed E-state index contributed by atoms with van der Waals surface area (Å²) < 4.78 is 1.61. The SMILES string of the molecule is CC(Sc1nc2scc(C3CC3)c2c(=O)n1-c1ccccc1)C(=O)Nc1ccc(C(N)=O)cc1. The van der Waals surface area contributed by atoms with Gasteiger partial charge in [-0.15, -0.1) is 11.3 Å². The molecule has 1 fully saturated rings. The van der Waals surface area contributed by atoms with Gasteiger partial charge in [0.15, 0.2) is 5.16 Å². The van der Waals surface area contributed by atoms with Gasteiger partial charge in [-0.2, -0.15) is 0 Å². The molecule has 0 bridgehead atoms. The summed E-state index contributed by atoms with van der Waals surface area (Å²) in [6, 6.07) is 15.8. The summed E-state index contributed by atoms with van der Waals surface area (Å²) in [5, 5.41) is 5.52. The molecule has 34 heavy (non-hydrogen) atoms. The van der Waals surface area contributed by atoms with Crippen molar-refractivity contribution >= 4 is 50.8 Å². The Labute approximate surface area is 204 Å². The van der Waals surface area contributed by atoms with Gasteiger partial charge in [0.1, 0.15) is 4.83 Å². The van der Waals surface area contributed by atoms with Crippen LogP contribution in [-0.2, 0) is 4.79 Å². The van der Waals surface area contributed by atoms with Gasteiger partial charge in [-0.1, -0.05) is 30.0 Å². The van der Waals surface area contributed by atoms with E-state index in [0.29, 0.717) is 38.2 Å². The second kappa shape index (κ2) is 9.08. The van der Waals surface area contributed by atoms with Crippen LogP contribution >= 0.6 is 23.1 Å². The van der Waals surface area contributed by atoms with Gasteiger partial charge in [-0.25, -0.2) is 4.98 Å². The zero-order valence-electron chi connectivity index (χ0n) is 18.4. The van der Waals surface area contributed by atoms with Crippen LogP contribution in [0.25, 0.3) is 15.9 Å². The fourth-order valence-corrected chi connectivity index (χ4v) is 5.73. The van der Waals surface area contributed by atoms with E-state index < -0.39 is 11.2 Å². The number of rotatable bonds is 7. The second-order valence-electron chi connectivity index (χ2n) is 8.21. The van der Waals surface area contributed by atoms with E-state index in [1.807, 2.05) is 35.7 Å². The predicted octanol–water partition coefficient (Wildman–Crippen LogP) is 4.54. The molecule has 1 saturated carbocycles. The molecule has 1 unspecified atom stereocenters. The van der Waals surface area contributed by atoms with Gasteiger partial charge in [0.25, 0.3) is 5.56 Å². The smallest absolute Gasteiger partial charge is 0.267 e. The number of anilines is 1. The van der Waals surface area contributed by atoms with Crippen molar-refractivity contribution in [2.24, 2.45) is 5.73 Å². The van der Waals surface area contributed by atoms with Crippen molar-refractivity contribution in [3.8, 4) is 5.69 Å². The highest BCUT2D eigenvalue weighted by Crippen LogP contribution is 2.44. The Balaban J connectivity index is 1.47. The first-order chi connectivity index (χ1) is 16.4. The highest BCUT2D eigenvalue weighted by Gasteiger charge is 2.29. The van der Waals surface area contributed by atoms with Crippen molar-refractivity contribution in [2.75, 3.05) is 5.32 Å². The van der Waals surface area contributed by atoms with Crippen molar-refractivity contribution in [2.45, 2.75) is 36.1 Å². The number of nitrogens with zero attached hydrogens (tertiary/aromatic N) is 2. The van der Waals surface area contributed by atoms with Gasteiger partial charge in [-0.3, -0.25) is 19.0 Å². The fraction of sp³-hybridized carbons (Fsp3) is 0.200. The van der Waals surface area contributed by atoms with Crippen molar-refractivity contribution in [3.63, 3.8) is 0 Å². The first-order valence-corrected chi connectivity index (χ1v) is 12.6. The number of aromatic nitrogens is 2. The van der Waals surface area contributed by atoms with Crippen LogP contribution in [0.15, 0.2) is 69.9 Å². The van der Waals surface area contributed by atoms with Gasteiger partial charge < -0.3 is 11.1 Å². The second-order valence-corrected chi connectivity index (χ2v) is 10.4. The third kappa shape index (κ3) is 4.36. The molecule has 1 aliphatic rings. The third-order valence-electron chi connectivity index (χ3n) is 5.73. The van der Waals surface area contributed by atoms with Crippen molar-refractivity contribution < 1.29 is 9.59 Å². The van der Waals surface area contributed by atoms with Gasteiger partial charge in [0.05, 0.1) is 16.3 Å². The number of nitrogens with two attached hydrogens (primary N) is 1. The van der Waals surface area contributed by atoms with Gasteiger partial charge in [0, 0.05) is 11.3 Å². The molecular formula is C25H22N4O3S2. The minimum absolute atomic E-state index is 0.100. The molecular weight excluding hydrogens is 468 g/mol. The topological polar surface area (TPSA) is 107 Å². The number of hydrogen-bond donors (Lipinski definition) is 2. The van der Waals surface area contributed by atoms with E-state index in [0.717, 1.165) is 18.4 Å². The number of hydrogen-bond acceptors (Lipinski definition) is 6. The molecule has 172 valence electrons. The number of carbonyl (C=O) groups excluding carboxylic acids is 2. The minimum Gasteiger partial charge on any atom is -0.366 e. The fourth-order valence-electron chi connectivity index (χ4n) is 3.75. The number of amides is 2. The Morgan fingerprint density at radius 3 is 2.50 bits per heavy atom. The van der Waals surface area contributed by atoms with Crippen molar-refractivity contribution in [1.29, 1.82) is 0 Å². The monoisotopic (exact) mass is 490 g/mol. The summed E-state index contributed by atoms with van der Waals surface area (Å²) in [6.07, 6.45) is 2.20. The normalized spacial score (nSPS) is 14.1. The molecule has 1 aliphatic carbocycles. The minimum atomic E-state index is -0.530. The summed E-state index contributed by atoms with van der Waals surface area (Å²) in [5.74, 6) is -0.326. The van der Waals surface area contributed by atoms with Gasteiger partial charge in [0.2, 0.25) is 11.8 Å². The molecule has 9 heteroatoms. The van der Waals surface area contributed by atoms with Gasteiger partial charge >= 0.3 is 0 Å². The van der Waals surface area contributed by atoms with Crippen LogP contribution < -0.4 is 16.6 Å². The Hall–Kier alpha value is -3.43. The van der Waals surface area contributed by atoms with E-state index in [4.69, 9.17) is 10.7 Å². The largest absolute Gasteiger partial charge is 0.366 e. The summed E-state index contributed by atoms with van der Waals surface area (Å²) in [4.78, 5) is 43.3. The number of para-hydroxylation sites is 1. The maximum Gasteiger partial charge on any atom is 0.267 e. The van der Waals surface area contributed by atoms with Crippen LogP contribution in [0, 0.1) is 0 Å². The van der Waals surface area contributed by atoms with E-state index >= 15 is 0 Å². The third-order valence-corrected chi connectivity index (χ3v) is 7.67. The van der Waals surface area contributed by atoms with Crippen LogP contribution in [0.3, 0.4) is 0 Å². The van der Waals surface area contributed by atoms with E-state index in [2.05, 4.69) is 5.32 Å².